The van der Waals surface area contributed by atoms with Gasteiger partial charge in [-0.05, 0) is 38.5 Å². The van der Waals surface area contributed by atoms with E-state index in [1.54, 1.807) is 0 Å². The van der Waals surface area contributed by atoms with Gasteiger partial charge in [-0.1, -0.05) is 12.8 Å². The molecule has 4 unspecified atom stereocenters. The van der Waals surface area contributed by atoms with Gasteiger partial charge in [-0.25, -0.2) is 0 Å². The van der Waals surface area contributed by atoms with Crippen molar-refractivity contribution in [1.29, 1.82) is 0 Å². The largest absolute Gasteiger partial charge is 0.381 e. The maximum absolute atomic E-state index is 12.6. The molecule has 0 radical (unpaired) electrons. The Morgan fingerprint density at radius 1 is 1.29 bits per heavy atom. The van der Waals surface area contributed by atoms with E-state index in [2.05, 4.69) is 10.2 Å². The summed E-state index contributed by atoms with van der Waals surface area (Å²) in [5.41, 5.74) is 0. The molecule has 1 aliphatic carbocycles. The molecule has 21 heavy (non-hydrogen) atoms. The fraction of sp³-hybridized carbons (Fsp3) is 0.938. The first-order valence-electron chi connectivity index (χ1n) is 8.40. The first kappa shape index (κ1) is 17.0. The Hall–Kier alpha value is -0.320. The van der Waals surface area contributed by atoms with E-state index >= 15 is 0 Å². The van der Waals surface area contributed by atoms with Crippen LogP contribution in [0.3, 0.4) is 0 Å². The lowest BCUT2D eigenvalue weighted by Gasteiger charge is -2.24. The maximum atomic E-state index is 12.6. The Morgan fingerprint density at radius 3 is 2.86 bits per heavy atom. The van der Waals surface area contributed by atoms with Crippen LogP contribution in [-0.4, -0.2) is 49.2 Å². The number of carbonyl (C=O) groups is 1. The van der Waals surface area contributed by atoms with Crippen LogP contribution >= 0.6 is 12.4 Å². The van der Waals surface area contributed by atoms with Crippen LogP contribution < -0.4 is 5.32 Å². The van der Waals surface area contributed by atoms with Gasteiger partial charge in [-0.2, -0.15) is 0 Å². The molecule has 0 aromatic rings. The first-order chi connectivity index (χ1) is 9.78. The van der Waals surface area contributed by atoms with Gasteiger partial charge in [0, 0.05) is 31.7 Å². The lowest BCUT2D eigenvalue weighted by Crippen LogP contribution is -2.44. The van der Waals surface area contributed by atoms with Gasteiger partial charge in [0.2, 0.25) is 5.91 Å². The number of nitrogens with one attached hydrogen (secondary N) is 1. The van der Waals surface area contributed by atoms with Crippen LogP contribution in [0.2, 0.25) is 0 Å². The summed E-state index contributed by atoms with van der Waals surface area (Å²) in [6.45, 7) is 5.43. The van der Waals surface area contributed by atoms with E-state index < -0.39 is 0 Å². The molecular weight excluding hydrogens is 288 g/mol. The van der Waals surface area contributed by atoms with E-state index in [1.165, 1.54) is 25.7 Å². The quantitative estimate of drug-likeness (QED) is 0.864. The number of hydrogen-bond donors (Lipinski definition) is 1. The number of nitrogens with zero attached hydrogens (tertiary/aromatic N) is 1. The van der Waals surface area contributed by atoms with E-state index in [0.717, 1.165) is 45.1 Å². The summed E-state index contributed by atoms with van der Waals surface area (Å²) in [5.74, 6) is 1.64. The minimum atomic E-state index is 0. The number of halogens is 1. The van der Waals surface area contributed by atoms with Gasteiger partial charge < -0.3 is 15.0 Å². The number of fused-ring (bicyclic) bond motifs is 1. The van der Waals surface area contributed by atoms with Gasteiger partial charge in [-0.3, -0.25) is 4.79 Å². The number of carbonyl (C=O) groups excluding carboxylic acids is 1. The Labute approximate surface area is 134 Å². The van der Waals surface area contributed by atoms with E-state index in [0.29, 0.717) is 17.9 Å². The molecule has 4 atom stereocenters. The molecule has 0 bridgehead atoms. The number of ether oxygens (including phenoxy) is 1. The molecule has 0 spiro atoms. The molecule has 2 saturated heterocycles. The number of hydrogen-bond acceptors (Lipinski definition) is 3. The highest BCUT2D eigenvalue weighted by molar-refractivity contribution is 5.85. The van der Waals surface area contributed by atoms with Crippen molar-refractivity contribution in [2.75, 3.05) is 26.3 Å². The van der Waals surface area contributed by atoms with Crippen molar-refractivity contribution in [3.63, 3.8) is 0 Å². The van der Waals surface area contributed by atoms with Crippen LogP contribution in [0.15, 0.2) is 0 Å². The second kappa shape index (κ2) is 7.80. The molecule has 3 fully saturated rings. The SMILES string of the molecule is CCOCC1CCN(C(=O)C2CC3CCCCC3N2)C1.Cl. The third-order valence-electron chi connectivity index (χ3n) is 5.32. The average Bonchev–Trinajstić information content (AvgIpc) is 3.10. The molecule has 3 aliphatic rings. The highest BCUT2D eigenvalue weighted by Crippen LogP contribution is 2.34. The van der Waals surface area contributed by atoms with Crippen LogP contribution in [0.5, 0.6) is 0 Å². The van der Waals surface area contributed by atoms with Crippen LogP contribution in [-0.2, 0) is 9.53 Å². The van der Waals surface area contributed by atoms with Crippen LogP contribution in [0.4, 0.5) is 0 Å². The zero-order valence-electron chi connectivity index (χ0n) is 13.1. The Kier molecular flexibility index (Phi) is 6.33. The van der Waals surface area contributed by atoms with Crippen molar-refractivity contribution in [2.24, 2.45) is 11.8 Å². The average molecular weight is 317 g/mol. The summed E-state index contributed by atoms with van der Waals surface area (Å²) in [6.07, 6.45) is 7.43. The van der Waals surface area contributed by atoms with Crippen LogP contribution in [0, 0.1) is 11.8 Å². The van der Waals surface area contributed by atoms with Crippen molar-refractivity contribution >= 4 is 18.3 Å². The summed E-state index contributed by atoms with van der Waals surface area (Å²) in [5, 5.41) is 3.61. The van der Waals surface area contributed by atoms with Crippen LogP contribution in [0.25, 0.3) is 0 Å². The molecule has 5 heteroatoms. The minimum absolute atomic E-state index is 0. The predicted octanol–water partition coefficient (Wildman–Crippen LogP) is 2.21. The summed E-state index contributed by atoms with van der Waals surface area (Å²) in [7, 11) is 0. The minimum Gasteiger partial charge on any atom is -0.381 e. The monoisotopic (exact) mass is 316 g/mol. The molecule has 122 valence electrons. The second-order valence-corrected chi connectivity index (χ2v) is 6.70. The molecule has 1 N–H and O–H groups in total. The summed E-state index contributed by atoms with van der Waals surface area (Å²) >= 11 is 0. The van der Waals surface area contributed by atoms with Crippen molar-refractivity contribution in [1.82, 2.24) is 10.2 Å². The predicted molar refractivity (Wildman–Crippen MR) is 85.7 cm³/mol. The highest BCUT2D eigenvalue weighted by Gasteiger charge is 2.40. The standard InChI is InChI=1S/C16H28N2O2.ClH/c1-2-20-11-12-7-8-18(10-12)16(19)15-9-13-5-3-4-6-14(13)17-15;/h12-15,17H,2-11H2,1H3;1H. The molecular formula is C16H29ClN2O2. The number of likely N-dealkylation sites (tertiary alicyclic amines) is 1. The fourth-order valence-corrected chi connectivity index (χ4v) is 4.18. The van der Waals surface area contributed by atoms with Crippen molar-refractivity contribution in [3.05, 3.63) is 0 Å². The van der Waals surface area contributed by atoms with E-state index in [-0.39, 0.29) is 18.4 Å². The molecule has 0 aromatic heterocycles. The van der Waals surface area contributed by atoms with E-state index in [4.69, 9.17) is 4.74 Å². The van der Waals surface area contributed by atoms with Gasteiger partial charge in [-0.15, -0.1) is 12.4 Å². The summed E-state index contributed by atoms with van der Waals surface area (Å²) in [6, 6.07) is 0.702. The van der Waals surface area contributed by atoms with E-state index in [9.17, 15) is 4.79 Å². The Balaban J connectivity index is 0.00000161. The zero-order valence-corrected chi connectivity index (χ0v) is 13.9. The first-order valence-corrected chi connectivity index (χ1v) is 8.40. The third kappa shape index (κ3) is 3.91. The molecule has 1 saturated carbocycles. The molecule has 2 heterocycles. The lowest BCUT2D eigenvalue weighted by molar-refractivity contribution is -0.132. The van der Waals surface area contributed by atoms with E-state index in [1.807, 2.05) is 6.92 Å². The van der Waals surface area contributed by atoms with Crippen LogP contribution in [0.1, 0.15) is 45.4 Å². The van der Waals surface area contributed by atoms with Crippen molar-refractivity contribution in [2.45, 2.75) is 57.5 Å². The highest BCUT2D eigenvalue weighted by atomic mass is 35.5. The number of amides is 1. The summed E-state index contributed by atoms with van der Waals surface area (Å²) in [4.78, 5) is 14.7. The van der Waals surface area contributed by atoms with Gasteiger partial charge in [0.1, 0.15) is 0 Å². The summed E-state index contributed by atoms with van der Waals surface area (Å²) < 4.78 is 5.49. The van der Waals surface area contributed by atoms with Gasteiger partial charge >= 0.3 is 0 Å². The zero-order chi connectivity index (χ0) is 13.9. The molecule has 1 amide bonds. The normalized spacial score (nSPS) is 35.4. The topological polar surface area (TPSA) is 41.6 Å². The second-order valence-electron chi connectivity index (χ2n) is 6.70. The maximum Gasteiger partial charge on any atom is 0.239 e. The molecule has 0 aromatic carbocycles. The van der Waals surface area contributed by atoms with Gasteiger partial charge in [0.05, 0.1) is 12.6 Å². The van der Waals surface area contributed by atoms with Gasteiger partial charge in [0.25, 0.3) is 0 Å². The van der Waals surface area contributed by atoms with Crippen molar-refractivity contribution in [3.8, 4) is 0 Å². The smallest absolute Gasteiger partial charge is 0.239 e. The third-order valence-corrected chi connectivity index (χ3v) is 5.32. The Morgan fingerprint density at radius 2 is 2.10 bits per heavy atom. The number of rotatable bonds is 4. The molecule has 3 rings (SSSR count). The molecule has 4 nitrogen and oxygen atoms in total. The molecule has 2 aliphatic heterocycles. The lowest BCUT2D eigenvalue weighted by atomic mass is 9.85. The fourth-order valence-electron chi connectivity index (χ4n) is 4.18. The van der Waals surface area contributed by atoms with Gasteiger partial charge in [0.15, 0.2) is 0 Å². The Bertz CT molecular complexity index is 339. The van der Waals surface area contributed by atoms with Crippen molar-refractivity contribution < 1.29 is 9.53 Å².